The summed E-state index contributed by atoms with van der Waals surface area (Å²) in [7, 11) is 1.70. The van der Waals surface area contributed by atoms with E-state index in [4.69, 9.17) is 15.9 Å². The molecule has 194 valence electrons. The molecule has 37 heavy (non-hydrogen) atoms. The molecule has 1 heterocycles. The molecule has 4 aliphatic carbocycles. The molecular weight excluding hydrogens is 458 g/mol. The van der Waals surface area contributed by atoms with E-state index >= 15 is 0 Å². The lowest BCUT2D eigenvalue weighted by atomic mass is 9.54. The zero-order chi connectivity index (χ0) is 25.6. The monoisotopic (exact) mass is 497 g/mol. The topological polar surface area (TPSA) is 38.8 Å². The lowest BCUT2D eigenvalue weighted by Crippen LogP contribution is -2.53. The third-order valence-electron chi connectivity index (χ3n) is 9.53. The minimum atomic E-state index is -0.235. The van der Waals surface area contributed by atoms with E-state index in [1.165, 1.54) is 44.1 Å². The van der Waals surface area contributed by atoms with Crippen LogP contribution >= 0.6 is 0 Å². The van der Waals surface area contributed by atoms with Gasteiger partial charge in [-0.25, -0.2) is 0 Å². The van der Waals surface area contributed by atoms with Crippen LogP contribution in [-0.4, -0.2) is 29.6 Å². The van der Waals surface area contributed by atoms with Gasteiger partial charge in [0.05, 0.1) is 13.2 Å². The number of hydrogen-bond acceptors (Lipinski definition) is 3. The Morgan fingerprint density at radius 1 is 1.03 bits per heavy atom. The zero-order valence-corrected chi connectivity index (χ0v) is 22.2. The molecule has 4 saturated carbocycles. The number of hydrogen-bond donors (Lipinski definition) is 0. The number of amides is 1. The molecule has 0 N–H and O–H groups in total. The van der Waals surface area contributed by atoms with Gasteiger partial charge in [-0.1, -0.05) is 38.0 Å². The fraction of sp³-hybridized carbons (Fsp3) is 0.545. The third kappa shape index (κ3) is 4.52. The second-order valence-corrected chi connectivity index (χ2v) is 12.1. The molecule has 1 aliphatic heterocycles. The van der Waals surface area contributed by atoms with Crippen molar-refractivity contribution in [2.75, 3.05) is 7.11 Å². The number of ether oxygens (including phenoxy) is 2. The average Bonchev–Trinajstić information content (AvgIpc) is 2.89. The molecule has 0 aromatic heterocycles. The summed E-state index contributed by atoms with van der Waals surface area (Å²) >= 11 is 0. The van der Waals surface area contributed by atoms with E-state index in [2.05, 4.69) is 49.2 Å². The molecule has 1 amide bonds. The van der Waals surface area contributed by atoms with Crippen molar-refractivity contribution in [3.05, 3.63) is 59.2 Å². The molecule has 2 aromatic carbocycles. The van der Waals surface area contributed by atoms with Crippen LogP contribution in [-0.2, 0) is 11.2 Å². The molecule has 4 nitrogen and oxygen atoms in total. The van der Waals surface area contributed by atoms with Gasteiger partial charge in [-0.2, -0.15) is 0 Å². The molecule has 7 rings (SSSR count). The van der Waals surface area contributed by atoms with Crippen LogP contribution in [0.2, 0.25) is 0 Å². The van der Waals surface area contributed by atoms with Gasteiger partial charge in [-0.15, -0.1) is 6.42 Å². The molecule has 0 unspecified atom stereocenters. The Hall–Kier alpha value is -2.93. The highest BCUT2D eigenvalue weighted by atomic mass is 16.5. The van der Waals surface area contributed by atoms with Crippen LogP contribution in [0.3, 0.4) is 0 Å². The maximum Gasteiger partial charge on any atom is 0.299 e. The smallest absolute Gasteiger partial charge is 0.299 e. The lowest BCUT2D eigenvalue weighted by Gasteiger charge is -2.56. The van der Waals surface area contributed by atoms with Crippen LogP contribution in [0.4, 0.5) is 0 Å². The van der Waals surface area contributed by atoms with Crippen molar-refractivity contribution in [1.29, 1.82) is 0 Å². The van der Waals surface area contributed by atoms with Gasteiger partial charge >= 0.3 is 0 Å². The fourth-order valence-corrected chi connectivity index (χ4v) is 8.37. The summed E-state index contributed by atoms with van der Waals surface area (Å²) in [4.78, 5) is 15.1. The highest BCUT2D eigenvalue weighted by molar-refractivity contribution is 5.94. The maximum atomic E-state index is 13.2. The van der Waals surface area contributed by atoms with E-state index in [1.54, 1.807) is 7.11 Å². The van der Waals surface area contributed by atoms with Crippen LogP contribution in [0.1, 0.15) is 87.4 Å². The molecule has 4 fully saturated rings. The molecule has 0 radical (unpaired) electrons. The van der Waals surface area contributed by atoms with Crippen molar-refractivity contribution in [3.8, 4) is 23.8 Å². The number of carbonyl (C=O) groups excluding carboxylic acids is 1. The number of carbonyl (C=O) groups is 1. The fourth-order valence-electron chi connectivity index (χ4n) is 8.37. The Balaban J connectivity index is 1.32. The summed E-state index contributed by atoms with van der Waals surface area (Å²) in [5.74, 6) is 6.55. The molecular formula is C33H39NO3. The van der Waals surface area contributed by atoms with Gasteiger partial charge in [0, 0.05) is 6.04 Å². The normalized spacial score (nSPS) is 31.5. The lowest BCUT2D eigenvalue weighted by molar-refractivity contribution is -0.130. The third-order valence-corrected chi connectivity index (χ3v) is 9.53. The van der Waals surface area contributed by atoms with Gasteiger partial charge in [-0.05, 0) is 116 Å². The summed E-state index contributed by atoms with van der Waals surface area (Å²) in [5.41, 5.74) is 3.47. The minimum absolute atomic E-state index is 0.0287. The first-order valence-corrected chi connectivity index (χ1v) is 14.3. The van der Waals surface area contributed by atoms with E-state index in [0.717, 1.165) is 66.1 Å². The van der Waals surface area contributed by atoms with Crippen LogP contribution in [0.25, 0.3) is 0 Å². The minimum Gasteiger partial charge on any atom is -0.497 e. The van der Waals surface area contributed by atoms with Crippen LogP contribution in [0.15, 0.2) is 42.5 Å². The number of unbranched alkanes of at least 4 members (excludes halogenated alkanes) is 1. The highest BCUT2D eigenvalue weighted by Gasteiger charge is 2.52. The predicted molar refractivity (Wildman–Crippen MR) is 146 cm³/mol. The second-order valence-electron chi connectivity index (χ2n) is 12.1. The molecule has 4 bridgehead atoms. The first kappa shape index (κ1) is 24.4. The van der Waals surface area contributed by atoms with Crippen molar-refractivity contribution in [2.24, 2.45) is 17.8 Å². The van der Waals surface area contributed by atoms with Crippen molar-refractivity contribution < 1.29 is 14.3 Å². The summed E-state index contributed by atoms with van der Waals surface area (Å²) < 4.78 is 12.3. The summed E-state index contributed by atoms with van der Waals surface area (Å²) in [5, 5.41) is 0. The Labute approximate surface area is 221 Å². The quantitative estimate of drug-likeness (QED) is 0.399. The van der Waals surface area contributed by atoms with Gasteiger partial charge in [0.2, 0.25) is 0 Å². The van der Waals surface area contributed by atoms with Gasteiger partial charge in [0.1, 0.15) is 17.1 Å². The Kier molecular flexibility index (Phi) is 6.43. The number of methoxy groups -OCH3 is 1. The largest absolute Gasteiger partial charge is 0.497 e. The summed E-state index contributed by atoms with van der Waals surface area (Å²) in [6.45, 7) is 2.19. The maximum absolute atomic E-state index is 13.2. The Bertz CT molecular complexity index is 1160. The molecule has 2 aromatic rings. The van der Waals surface area contributed by atoms with Crippen molar-refractivity contribution in [3.63, 3.8) is 0 Å². The van der Waals surface area contributed by atoms with E-state index in [9.17, 15) is 4.79 Å². The van der Waals surface area contributed by atoms with Gasteiger partial charge < -0.3 is 14.4 Å². The number of fused-ring (bicyclic) bond motifs is 1. The van der Waals surface area contributed by atoms with Crippen molar-refractivity contribution in [2.45, 2.75) is 88.8 Å². The van der Waals surface area contributed by atoms with E-state index < -0.39 is 0 Å². The molecule has 0 saturated heterocycles. The van der Waals surface area contributed by atoms with E-state index in [-0.39, 0.29) is 23.6 Å². The van der Waals surface area contributed by atoms with Crippen LogP contribution in [0.5, 0.6) is 11.5 Å². The molecule has 5 aliphatic rings. The van der Waals surface area contributed by atoms with E-state index in [0.29, 0.717) is 0 Å². The first-order valence-electron chi connectivity index (χ1n) is 14.3. The SMILES string of the molecule is C#CC(=O)N1[C@@H](CCCC)Cc2cc(OC)ccc2[C@H]1c1ccc(OC23CC4CC(CC(C4)C2)C3)cc1. The van der Waals surface area contributed by atoms with Gasteiger partial charge in [0.15, 0.2) is 0 Å². The van der Waals surface area contributed by atoms with Crippen molar-refractivity contribution >= 4 is 5.91 Å². The summed E-state index contributed by atoms with van der Waals surface area (Å²) in [6, 6.07) is 14.6. The number of nitrogens with zero attached hydrogens (tertiary/aromatic N) is 1. The average molecular weight is 498 g/mol. The van der Waals surface area contributed by atoms with Gasteiger partial charge in [0.25, 0.3) is 5.91 Å². The van der Waals surface area contributed by atoms with Crippen LogP contribution < -0.4 is 9.47 Å². The highest BCUT2D eigenvalue weighted by Crippen LogP contribution is 2.57. The molecule has 0 spiro atoms. The van der Waals surface area contributed by atoms with E-state index in [1.807, 2.05) is 11.0 Å². The Morgan fingerprint density at radius 2 is 1.68 bits per heavy atom. The Morgan fingerprint density at radius 3 is 2.27 bits per heavy atom. The van der Waals surface area contributed by atoms with Crippen molar-refractivity contribution in [1.82, 2.24) is 4.90 Å². The number of benzene rings is 2. The zero-order valence-electron chi connectivity index (χ0n) is 22.2. The molecule has 2 atom stereocenters. The second kappa shape index (κ2) is 9.75. The van der Waals surface area contributed by atoms with Gasteiger partial charge in [-0.3, -0.25) is 4.79 Å². The first-order chi connectivity index (χ1) is 18.0. The summed E-state index contributed by atoms with van der Waals surface area (Å²) in [6.07, 6.45) is 17.4. The predicted octanol–water partition coefficient (Wildman–Crippen LogP) is 6.71. The number of terminal acetylenes is 1. The number of rotatable bonds is 7. The van der Waals surface area contributed by atoms with Crippen LogP contribution in [0, 0.1) is 30.1 Å². The standard InChI is InChI=1S/C33H39NO3/c1-4-6-7-27-17-26-18-29(36-3)12-13-30(26)32(34(27)31(35)5-2)25-8-10-28(11-9-25)37-33-19-22-14-23(20-33)16-24(15-22)21-33/h2,8-13,18,22-24,27,32H,4,6-7,14-17,19-21H2,1,3H3/t22?,23?,24?,27-,32+,33?/m0/s1. The molecule has 4 heteroatoms.